The van der Waals surface area contributed by atoms with Crippen molar-refractivity contribution in [1.82, 2.24) is 9.62 Å². The third-order valence-corrected chi connectivity index (χ3v) is 5.13. The fourth-order valence-corrected chi connectivity index (χ4v) is 3.86. The monoisotopic (exact) mass is 301 g/mol. The van der Waals surface area contributed by atoms with E-state index in [1.807, 2.05) is 7.05 Å². The lowest BCUT2D eigenvalue weighted by Crippen LogP contribution is -2.31. The molecule has 2 rings (SSSR count). The minimum atomic E-state index is -3.72. The van der Waals surface area contributed by atoms with Crippen LogP contribution in [0.5, 0.6) is 0 Å². The highest BCUT2D eigenvalue weighted by atomic mass is 32.2. The Bertz CT molecular complexity index is 577. The molecule has 1 unspecified atom stereocenters. The van der Waals surface area contributed by atoms with Gasteiger partial charge in [0.05, 0.1) is 4.90 Å². The minimum Gasteiger partial charge on any atom is -0.326 e. The van der Waals surface area contributed by atoms with Gasteiger partial charge in [-0.1, -0.05) is 6.07 Å². The summed E-state index contributed by atoms with van der Waals surface area (Å²) in [4.78, 5) is 2.10. The van der Waals surface area contributed by atoms with E-state index in [9.17, 15) is 12.8 Å². The third-order valence-electron chi connectivity index (χ3n) is 3.62. The summed E-state index contributed by atoms with van der Waals surface area (Å²) >= 11 is 0. The summed E-state index contributed by atoms with van der Waals surface area (Å²) in [6.45, 7) is 2.07. The van der Waals surface area contributed by atoms with Crippen LogP contribution in [0, 0.1) is 11.7 Å². The number of nitrogens with zero attached hydrogens (tertiary/aromatic N) is 1. The molecular formula is C13H20FN3O2S. The van der Waals surface area contributed by atoms with Crippen LogP contribution in [0.4, 0.5) is 4.39 Å². The number of halogens is 1. The smallest absolute Gasteiger partial charge is 0.241 e. The van der Waals surface area contributed by atoms with Gasteiger partial charge in [-0.25, -0.2) is 17.5 Å². The number of rotatable bonds is 5. The van der Waals surface area contributed by atoms with Crippen LogP contribution in [0.1, 0.15) is 12.0 Å². The van der Waals surface area contributed by atoms with Gasteiger partial charge in [0.25, 0.3) is 0 Å². The first-order valence-corrected chi connectivity index (χ1v) is 8.08. The maximum Gasteiger partial charge on any atom is 0.241 e. The number of hydrogen-bond donors (Lipinski definition) is 2. The number of benzene rings is 1. The molecule has 1 saturated heterocycles. The van der Waals surface area contributed by atoms with Crippen LogP contribution in [-0.4, -0.2) is 40.0 Å². The molecule has 1 heterocycles. The Morgan fingerprint density at radius 3 is 2.85 bits per heavy atom. The van der Waals surface area contributed by atoms with Crippen LogP contribution in [0.3, 0.4) is 0 Å². The highest BCUT2D eigenvalue weighted by molar-refractivity contribution is 7.89. The lowest BCUT2D eigenvalue weighted by molar-refractivity contribution is 0.394. The molecule has 0 aromatic heterocycles. The second kappa shape index (κ2) is 6.17. The number of nitrogens with two attached hydrogens (primary N) is 1. The zero-order valence-corrected chi connectivity index (χ0v) is 12.3. The van der Waals surface area contributed by atoms with Gasteiger partial charge in [-0.2, -0.15) is 0 Å². The lowest BCUT2D eigenvalue weighted by atomic mass is 10.1. The predicted molar refractivity (Wildman–Crippen MR) is 75.1 cm³/mol. The van der Waals surface area contributed by atoms with Crippen LogP contribution in [0.25, 0.3) is 0 Å². The summed E-state index contributed by atoms with van der Waals surface area (Å²) in [5.41, 5.74) is 5.48. The summed E-state index contributed by atoms with van der Waals surface area (Å²) in [5, 5.41) is 0. The molecule has 7 heteroatoms. The Morgan fingerprint density at radius 1 is 1.50 bits per heavy atom. The second-order valence-electron chi connectivity index (χ2n) is 5.19. The summed E-state index contributed by atoms with van der Waals surface area (Å²) in [6, 6.07) is 3.98. The van der Waals surface area contributed by atoms with Gasteiger partial charge in [0.2, 0.25) is 10.0 Å². The van der Waals surface area contributed by atoms with Crippen molar-refractivity contribution in [1.29, 1.82) is 0 Å². The van der Waals surface area contributed by atoms with Gasteiger partial charge in [-0.15, -0.1) is 0 Å². The molecule has 1 aliphatic rings. The average molecular weight is 301 g/mol. The molecule has 0 spiro atoms. The van der Waals surface area contributed by atoms with Crippen LogP contribution in [-0.2, 0) is 16.6 Å². The second-order valence-corrected chi connectivity index (χ2v) is 6.92. The molecule has 0 saturated carbocycles. The van der Waals surface area contributed by atoms with Gasteiger partial charge in [0.1, 0.15) is 5.82 Å². The molecule has 3 N–H and O–H groups in total. The maximum absolute atomic E-state index is 13.6. The van der Waals surface area contributed by atoms with Crippen molar-refractivity contribution in [2.24, 2.45) is 11.7 Å². The number of sulfonamides is 1. The molecule has 0 bridgehead atoms. The van der Waals surface area contributed by atoms with Crippen molar-refractivity contribution in [3.8, 4) is 0 Å². The van der Waals surface area contributed by atoms with Gasteiger partial charge in [-0.05, 0) is 38.1 Å². The Balaban J connectivity index is 2.12. The van der Waals surface area contributed by atoms with Gasteiger partial charge in [0, 0.05) is 25.2 Å². The summed E-state index contributed by atoms with van der Waals surface area (Å²) in [7, 11) is -1.71. The summed E-state index contributed by atoms with van der Waals surface area (Å²) in [5.74, 6) is -0.291. The summed E-state index contributed by atoms with van der Waals surface area (Å²) in [6.07, 6.45) is 0.964. The Kier molecular flexibility index (Phi) is 4.74. The molecule has 0 aliphatic carbocycles. The Morgan fingerprint density at radius 2 is 2.25 bits per heavy atom. The van der Waals surface area contributed by atoms with Crippen molar-refractivity contribution in [2.45, 2.75) is 17.9 Å². The van der Waals surface area contributed by atoms with Crippen molar-refractivity contribution in [3.05, 3.63) is 29.6 Å². The molecule has 0 amide bonds. The van der Waals surface area contributed by atoms with E-state index in [-0.39, 0.29) is 17.0 Å². The first-order chi connectivity index (χ1) is 9.44. The molecule has 1 fully saturated rings. The minimum absolute atomic E-state index is 0.0311. The standard InChI is InChI=1S/C13H20FN3O2S/c1-17-6-5-10(9-17)8-16-20(18,19)13-4-2-3-12(14)11(13)7-15/h2-4,10,16H,5-9,15H2,1H3. The highest BCUT2D eigenvalue weighted by Gasteiger charge is 2.24. The van der Waals surface area contributed by atoms with E-state index in [2.05, 4.69) is 9.62 Å². The molecule has 20 heavy (non-hydrogen) atoms. The number of likely N-dealkylation sites (tertiary alicyclic amines) is 1. The van der Waals surface area contributed by atoms with Crippen molar-refractivity contribution >= 4 is 10.0 Å². The fraction of sp³-hybridized carbons (Fsp3) is 0.538. The molecule has 1 aromatic carbocycles. The van der Waals surface area contributed by atoms with E-state index in [1.54, 1.807) is 0 Å². The van der Waals surface area contributed by atoms with Crippen LogP contribution < -0.4 is 10.5 Å². The predicted octanol–water partition coefficient (Wildman–Crippen LogP) is 0.514. The lowest BCUT2D eigenvalue weighted by Gasteiger charge is -2.14. The molecule has 5 nitrogen and oxygen atoms in total. The molecular weight excluding hydrogens is 281 g/mol. The van der Waals surface area contributed by atoms with E-state index in [4.69, 9.17) is 5.73 Å². The van der Waals surface area contributed by atoms with Crippen molar-refractivity contribution in [2.75, 3.05) is 26.7 Å². The first-order valence-electron chi connectivity index (χ1n) is 6.59. The van der Waals surface area contributed by atoms with Crippen molar-refractivity contribution < 1.29 is 12.8 Å². The molecule has 112 valence electrons. The first kappa shape index (κ1) is 15.4. The molecule has 1 atom stereocenters. The number of hydrogen-bond acceptors (Lipinski definition) is 4. The van der Waals surface area contributed by atoms with Gasteiger partial charge >= 0.3 is 0 Å². The summed E-state index contributed by atoms with van der Waals surface area (Å²) < 4.78 is 40.7. The normalized spacial score (nSPS) is 20.4. The van der Waals surface area contributed by atoms with E-state index in [1.165, 1.54) is 18.2 Å². The topological polar surface area (TPSA) is 75.4 Å². The van der Waals surface area contributed by atoms with Crippen LogP contribution in [0.15, 0.2) is 23.1 Å². The van der Waals surface area contributed by atoms with E-state index in [0.29, 0.717) is 12.5 Å². The molecule has 1 aliphatic heterocycles. The Labute approximate surface area is 119 Å². The van der Waals surface area contributed by atoms with Crippen LogP contribution >= 0.6 is 0 Å². The van der Waals surface area contributed by atoms with Gasteiger partial charge < -0.3 is 10.6 Å². The third kappa shape index (κ3) is 3.35. The number of nitrogens with one attached hydrogen (secondary N) is 1. The fourth-order valence-electron chi connectivity index (χ4n) is 2.49. The Hall–Kier alpha value is -1.02. The van der Waals surface area contributed by atoms with Gasteiger partial charge in [0.15, 0.2) is 0 Å². The van der Waals surface area contributed by atoms with E-state index >= 15 is 0 Å². The SMILES string of the molecule is CN1CCC(CNS(=O)(=O)c2cccc(F)c2CN)C1. The molecule has 1 aromatic rings. The van der Waals surface area contributed by atoms with E-state index < -0.39 is 15.8 Å². The average Bonchev–Trinajstić information content (AvgIpc) is 2.82. The highest BCUT2D eigenvalue weighted by Crippen LogP contribution is 2.19. The quantitative estimate of drug-likeness (QED) is 0.831. The maximum atomic E-state index is 13.6. The van der Waals surface area contributed by atoms with E-state index in [0.717, 1.165) is 19.5 Å². The van der Waals surface area contributed by atoms with Crippen LogP contribution in [0.2, 0.25) is 0 Å². The van der Waals surface area contributed by atoms with Crippen molar-refractivity contribution in [3.63, 3.8) is 0 Å². The zero-order valence-electron chi connectivity index (χ0n) is 11.5. The van der Waals surface area contributed by atoms with Gasteiger partial charge in [-0.3, -0.25) is 0 Å². The molecule has 0 radical (unpaired) electrons. The zero-order chi connectivity index (χ0) is 14.8. The largest absolute Gasteiger partial charge is 0.326 e.